The van der Waals surface area contributed by atoms with Crippen LogP contribution < -0.4 is 26.2 Å². The quantitative estimate of drug-likeness (QED) is 0.110. The van der Waals surface area contributed by atoms with Crippen LogP contribution in [-0.4, -0.2) is 110 Å². The molecule has 64 heavy (non-hydrogen) atoms. The van der Waals surface area contributed by atoms with Gasteiger partial charge in [-0.1, -0.05) is 12.1 Å². The third-order valence-electron chi connectivity index (χ3n) is 12.8. The number of nitrogens with one attached hydrogen (secondary N) is 4. The molecule has 1 aromatic carbocycles. The summed E-state index contributed by atoms with van der Waals surface area (Å²) < 4.78 is 51.9. The lowest BCUT2D eigenvalue weighted by Crippen LogP contribution is -2.52. The maximum atomic E-state index is 14.9. The lowest BCUT2D eigenvalue weighted by molar-refractivity contribution is -0.134. The van der Waals surface area contributed by atoms with E-state index in [-0.39, 0.29) is 60.2 Å². The van der Waals surface area contributed by atoms with Gasteiger partial charge in [-0.25, -0.2) is 27.5 Å². The summed E-state index contributed by atoms with van der Waals surface area (Å²) in [5.41, 5.74) is 0.816. The molecule has 1 unspecified atom stereocenters. The van der Waals surface area contributed by atoms with Crippen molar-refractivity contribution in [2.24, 2.45) is 5.92 Å². The van der Waals surface area contributed by atoms with Crippen molar-refractivity contribution in [3.05, 3.63) is 65.7 Å². The Morgan fingerprint density at radius 1 is 1.00 bits per heavy atom. The second-order valence-corrected chi connectivity index (χ2v) is 18.7. The van der Waals surface area contributed by atoms with Gasteiger partial charge >= 0.3 is 6.09 Å². The van der Waals surface area contributed by atoms with Gasteiger partial charge in [-0.3, -0.25) is 24.4 Å². The maximum absolute atomic E-state index is 14.9. The zero-order chi connectivity index (χ0) is 45.1. The molecular formula is C45H58F3N11O5. The van der Waals surface area contributed by atoms with Crippen molar-refractivity contribution < 1.29 is 37.1 Å². The highest BCUT2D eigenvalue weighted by Crippen LogP contribution is 2.37. The summed E-state index contributed by atoms with van der Waals surface area (Å²) in [6.07, 6.45) is 7.10. The van der Waals surface area contributed by atoms with Crippen LogP contribution >= 0.6 is 0 Å². The number of ether oxygens (including phenoxy) is 1. The summed E-state index contributed by atoms with van der Waals surface area (Å²) in [5.74, 6) is -0.557. The predicted molar refractivity (Wildman–Crippen MR) is 233 cm³/mol. The van der Waals surface area contributed by atoms with Gasteiger partial charge in [0.2, 0.25) is 11.8 Å². The van der Waals surface area contributed by atoms with Crippen molar-refractivity contribution in [3.8, 4) is 0 Å². The zero-order valence-corrected chi connectivity index (χ0v) is 36.6. The fourth-order valence-electron chi connectivity index (χ4n) is 9.50. The Bertz CT molecular complexity index is 2320. The first kappa shape index (κ1) is 44.9. The number of carbonyl (C=O) groups excluding carboxylic acids is 4. The number of amides is 4. The number of imide groups is 1. The van der Waals surface area contributed by atoms with E-state index >= 15 is 0 Å². The van der Waals surface area contributed by atoms with E-state index in [1.807, 2.05) is 24.3 Å². The molecule has 1 aliphatic carbocycles. The smallest absolute Gasteiger partial charge is 0.407 e. The van der Waals surface area contributed by atoms with Crippen LogP contribution in [0.25, 0.3) is 5.65 Å². The number of piperidine rings is 3. The minimum atomic E-state index is -2.92. The number of halogens is 3. The molecule has 4 aromatic rings. The second-order valence-electron chi connectivity index (χ2n) is 18.7. The van der Waals surface area contributed by atoms with Gasteiger partial charge in [0.1, 0.15) is 23.2 Å². The first-order valence-corrected chi connectivity index (χ1v) is 22.5. The number of benzene rings is 1. The summed E-state index contributed by atoms with van der Waals surface area (Å²) >= 11 is 0. The summed E-state index contributed by atoms with van der Waals surface area (Å²) in [5, 5.41) is 20.0. The van der Waals surface area contributed by atoms with Crippen molar-refractivity contribution in [2.45, 2.75) is 127 Å². The van der Waals surface area contributed by atoms with E-state index in [2.05, 4.69) is 41.3 Å². The van der Waals surface area contributed by atoms with Crippen molar-refractivity contribution in [2.75, 3.05) is 48.3 Å². The molecule has 1 saturated carbocycles. The molecule has 16 nitrogen and oxygen atoms in total. The number of carbonyl (C=O) groups is 4. The minimum absolute atomic E-state index is 0.0241. The number of anilines is 3. The van der Waals surface area contributed by atoms with Crippen LogP contribution in [0, 0.1) is 5.92 Å². The van der Waals surface area contributed by atoms with Crippen LogP contribution in [-0.2, 0) is 14.3 Å². The summed E-state index contributed by atoms with van der Waals surface area (Å²) in [6, 6.07) is 9.30. The Labute approximate surface area is 370 Å². The Morgan fingerprint density at radius 3 is 2.52 bits per heavy atom. The first-order chi connectivity index (χ1) is 30.6. The van der Waals surface area contributed by atoms with Gasteiger partial charge in [-0.2, -0.15) is 10.2 Å². The fourth-order valence-corrected chi connectivity index (χ4v) is 9.50. The first-order valence-electron chi connectivity index (χ1n) is 22.5. The summed E-state index contributed by atoms with van der Waals surface area (Å²) in [7, 11) is 0. The van der Waals surface area contributed by atoms with Gasteiger partial charge in [0, 0.05) is 56.6 Å². The van der Waals surface area contributed by atoms with Crippen LogP contribution in [0.5, 0.6) is 0 Å². The lowest BCUT2D eigenvalue weighted by Gasteiger charge is -2.36. The Hall–Kier alpha value is -5.72. The number of likely N-dealkylation sites (tertiary alicyclic amines) is 1. The molecule has 6 heterocycles. The van der Waals surface area contributed by atoms with Crippen LogP contribution in [0.15, 0.2) is 48.9 Å². The minimum Gasteiger partial charge on any atom is -0.444 e. The van der Waals surface area contributed by atoms with Crippen LogP contribution in [0.1, 0.15) is 125 Å². The number of hydrogen-bond acceptors (Lipinski definition) is 11. The van der Waals surface area contributed by atoms with E-state index in [4.69, 9.17) is 4.74 Å². The number of alkyl halides is 3. The standard InChI is InChI=1S/C45H58F3N11O5/c1-45(2,3)64-44(63)51-32-22-29(46)24-57(25-32)37-16-20-58-41(53-37)35(23-49-58)43(62)52-36-26-59(55-39(36)40(47)48)33-9-7-27(8-10-33)13-17-56-18-14-30(15-19-56)50-31-6-4-5-28(21-31)34-11-12-38(60)54-42(34)61/h4-6,16,20-21,23,26-27,29-30,32-34,40,50H,7-15,17-19,22,24-25H2,1-3H3,(H,51,63)(H,52,62)(H,54,60,61)/t27?,29-,32-,33?,34?/m1/s1. The molecule has 0 spiro atoms. The molecule has 19 heteroatoms. The molecule has 4 aliphatic rings. The van der Waals surface area contributed by atoms with Crippen molar-refractivity contribution in [1.82, 2.24) is 39.9 Å². The maximum Gasteiger partial charge on any atom is 0.407 e. The van der Waals surface area contributed by atoms with Gasteiger partial charge in [0.05, 0.1) is 36.4 Å². The number of aromatic nitrogens is 5. The van der Waals surface area contributed by atoms with E-state index in [1.54, 1.807) is 42.6 Å². The van der Waals surface area contributed by atoms with Crippen molar-refractivity contribution >= 4 is 46.7 Å². The van der Waals surface area contributed by atoms with E-state index in [0.29, 0.717) is 30.6 Å². The molecule has 0 bridgehead atoms. The normalized spacial score (nSPS) is 23.9. The Morgan fingerprint density at radius 2 is 1.78 bits per heavy atom. The average molecular weight is 890 g/mol. The van der Waals surface area contributed by atoms with Crippen molar-refractivity contribution in [3.63, 3.8) is 0 Å². The van der Waals surface area contributed by atoms with E-state index in [0.717, 1.165) is 75.8 Å². The van der Waals surface area contributed by atoms with Gasteiger partial charge < -0.3 is 30.5 Å². The highest BCUT2D eigenvalue weighted by atomic mass is 19.3. The molecule has 3 saturated heterocycles. The topological polar surface area (TPSA) is 180 Å². The van der Waals surface area contributed by atoms with Gasteiger partial charge in [0.25, 0.3) is 12.3 Å². The number of rotatable bonds is 12. The highest BCUT2D eigenvalue weighted by Gasteiger charge is 2.33. The highest BCUT2D eigenvalue weighted by molar-refractivity contribution is 6.08. The molecule has 3 atom stereocenters. The van der Waals surface area contributed by atoms with E-state index in [1.165, 1.54) is 16.9 Å². The van der Waals surface area contributed by atoms with Crippen LogP contribution in [0.3, 0.4) is 0 Å². The Balaban J connectivity index is 0.815. The SMILES string of the molecule is CC(C)(C)OC(=O)N[C@@H]1C[C@@H](F)CN(c2ccn3ncc(C(=O)Nc4cn(C5CCC(CCN6CCC(Nc7cccc(C8CCC(=O)NC8=O)c7)CC6)CC5)nc4C(F)F)c3n2)C1. The van der Waals surface area contributed by atoms with Gasteiger partial charge in [0.15, 0.2) is 11.3 Å². The summed E-state index contributed by atoms with van der Waals surface area (Å²) in [6.45, 7) is 8.48. The van der Waals surface area contributed by atoms with Crippen LogP contribution in [0.4, 0.5) is 35.2 Å². The largest absolute Gasteiger partial charge is 0.444 e. The molecule has 4 N–H and O–H groups in total. The van der Waals surface area contributed by atoms with E-state index < -0.39 is 41.9 Å². The molecule has 3 aromatic heterocycles. The zero-order valence-electron chi connectivity index (χ0n) is 36.6. The predicted octanol–water partition coefficient (Wildman–Crippen LogP) is 6.78. The summed E-state index contributed by atoms with van der Waals surface area (Å²) in [4.78, 5) is 58.9. The number of hydrogen-bond donors (Lipinski definition) is 4. The molecule has 8 rings (SSSR count). The van der Waals surface area contributed by atoms with Gasteiger partial charge in [-0.05, 0) is 108 Å². The van der Waals surface area contributed by atoms with E-state index in [9.17, 15) is 32.3 Å². The third kappa shape index (κ3) is 11.0. The molecule has 3 aliphatic heterocycles. The van der Waals surface area contributed by atoms with Crippen LogP contribution in [0.2, 0.25) is 0 Å². The third-order valence-corrected chi connectivity index (χ3v) is 12.8. The average Bonchev–Trinajstić information content (AvgIpc) is 3.87. The molecule has 4 amide bonds. The Kier molecular flexibility index (Phi) is 13.4. The number of fused-ring (bicyclic) bond motifs is 1. The lowest BCUT2D eigenvalue weighted by atomic mass is 9.84. The molecule has 344 valence electrons. The fraction of sp³-hybridized carbons (Fsp3) is 0.578. The van der Waals surface area contributed by atoms with Crippen molar-refractivity contribution in [1.29, 1.82) is 0 Å². The number of alkyl carbamates (subject to hydrolysis) is 1. The monoisotopic (exact) mass is 889 g/mol. The molecule has 0 radical (unpaired) electrons. The second kappa shape index (κ2) is 19.2. The van der Waals surface area contributed by atoms with Gasteiger partial charge in [-0.15, -0.1) is 0 Å². The molecule has 4 fully saturated rings. The number of nitrogens with zero attached hydrogens (tertiary/aromatic N) is 7. The molecular weight excluding hydrogens is 832 g/mol.